The maximum absolute atomic E-state index is 12.0. The third kappa shape index (κ3) is 3.84. The third-order valence-corrected chi connectivity index (χ3v) is 7.98. The Labute approximate surface area is 157 Å². The highest BCUT2D eigenvalue weighted by molar-refractivity contribution is 7.90. The fourth-order valence-electron chi connectivity index (χ4n) is 4.65. The molecule has 1 aromatic carbocycles. The van der Waals surface area contributed by atoms with E-state index in [4.69, 9.17) is 4.74 Å². The topological polar surface area (TPSA) is 58.6 Å². The van der Waals surface area contributed by atoms with Gasteiger partial charge in [-0.3, -0.25) is 4.90 Å². The number of benzene rings is 1. The summed E-state index contributed by atoms with van der Waals surface area (Å²) >= 11 is 0. The third-order valence-electron chi connectivity index (χ3n) is 6.03. The molecule has 0 amide bonds. The van der Waals surface area contributed by atoms with Crippen LogP contribution in [0.5, 0.6) is 0 Å². The fraction of sp³-hybridized carbons (Fsp3) is 0.700. The summed E-state index contributed by atoms with van der Waals surface area (Å²) in [5.41, 5.74) is 3.94. The zero-order valence-electron chi connectivity index (χ0n) is 15.8. The van der Waals surface area contributed by atoms with E-state index in [1.54, 1.807) is 0 Å². The van der Waals surface area contributed by atoms with Crippen molar-refractivity contribution < 1.29 is 13.2 Å². The largest absolute Gasteiger partial charge is 0.372 e. The van der Waals surface area contributed by atoms with E-state index in [0.717, 1.165) is 51.9 Å². The number of likely N-dealkylation sites (tertiary alicyclic amines) is 1. The summed E-state index contributed by atoms with van der Waals surface area (Å²) in [6, 6.07) is 6.73. The second-order valence-corrected chi connectivity index (χ2v) is 10.5. The Balaban J connectivity index is 1.28. The molecule has 2 heterocycles. The Hall–Kier alpha value is -0.950. The van der Waals surface area contributed by atoms with E-state index in [0.29, 0.717) is 12.5 Å². The molecule has 1 atom stereocenters. The predicted molar refractivity (Wildman–Crippen MR) is 103 cm³/mol. The minimum absolute atomic E-state index is 0.0517. The van der Waals surface area contributed by atoms with Crippen LogP contribution in [-0.2, 0) is 21.3 Å². The van der Waals surface area contributed by atoms with Gasteiger partial charge in [0.1, 0.15) is 0 Å². The van der Waals surface area contributed by atoms with Gasteiger partial charge in [-0.05, 0) is 51.0 Å². The van der Waals surface area contributed by atoms with Crippen molar-refractivity contribution in [1.82, 2.24) is 9.62 Å². The number of sulfonamides is 1. The highest BCUT2D eigenvalue weighted by Crippen LogP contribution is 2.42. The SMILES string of the molecule is Cc1cc(C)cc(CN2CC3(C2)OCC[C@H]3CCNS(=O)(=O)C2CC2)c1. The van der Waals surface area contributed by atoms with Crippen LogP contribution in [0.1, 0.15) is 42.4 Å². The molecule has 0 radical (unpaired) electrons. The van der Waals surface area contributed by atoms with Crippen LogP contribution in [0.2, 0.25) is 0 Å². The predicted octanol–water partition coefficient (Wildman–Crippen LogP) is 2.37. The maximum Gasteiger partial charge on any atom is 0.214 e. The van der Waals surface area contributed by atoms with Crippen molar-refractivity contribution in [3.8, 4) is 0 Å². The molecule has 1 N–H and O–H groups in total. The van der Waals surface area contributed by atoms with E-state index in [9.17, 15) is 8.42 Å². The molecular weight excluding hydrogens is 348 g/mol. The quantitative estimate of drug-likeness (QED) is 0.791. The van der Waals surface area contributed by atoms with E-state index >= 15 is 0 Å². The fourth-order valence-corrected chi connectivity index (χ4v) is 6.05. The van der Waals surface area contributed by atoms with Crippen LogP contribution in [0, 0.1) is 19.8 Å². The summed E-state index contributed by atoms with van der Waals surface area (Å²) in [4.78, 5) is 2.45. The number of ether oxygens (including phenoxy) is 1. The van der Waals surface area contributed by atoms with Crippen LogP contribution in [0.15, 0.2) is 18.2 Å². The molecular formula is C20H30N2O3S. The number of rotatable bonds is 7. The van der Waals surface area contributed by atoms with Gasteiger partial charge in [-0.15, -0.1) is 0 Å². The first-order valence-corrected chi connectivity index (χ1v) is 11.3. The number of nitrogens with one attached hydrogen (secondary N) is 1. The van der Waals surface area contributed by atoms with Gasteiger partial charge in [0.25, 0.3) is 0 Å². The minimum atomic E-state index is -3.07. The molecule has 6 heteroatoms. The maximum atomic E-state index is 12.0. The van der Waals surface area contributed by atoms with Crippen LogP contribution >= 0.6 is 0 Å². The summed E-state index contributed by atoms with van der Waals surface area (Å²) in [6.45, 7) is 8.53. The molecule has 1 aromatic rings. The normalized spacial score (nSPS) is 25.5. The molecule has 2 saturated heterocycles. The van der Waals surface area contributed by atoms with Gasteiger partial charge >= 0.3 is 0 Å². The van der Waals surface area contributed by atoms with Crippen molar-refractivity contribution in [1.29, 1.82) is 0 Å². The van der Waals surface area contributed by atoms with Crippen molar-refractivity contribution >= 4 is 10.0 Å². The highest BCUT2D eigenvalue weighted by atomic mass is 32.2. The van der Waals surface area contributed by atoms with Gasteiger partial charge in [0, 0.05) is 32.8 Å². The Kier molecular flexibility index (Phi) is 4.88. The molecule has 1 saturated carbocycles. The van der Waals surface area contributed by atoms with Crippen molar-refractivity contribution in [3.05, 3.63) is 34.9 Å². The Bertz CT molecular complexity index is 747. The lowest BCUT2D eigenvalue weighted by Gasteiger charge is -2.50. The van der Waals surface area contributed by atoms with Gasteiger partial charge in [-0.2, -0.15) is 0 Å². The van der Waals surface area contributed by atoms with Crippen LogP contribution < -0.4 is 4.72 Å². The average molecular weight is 379 g/mol. The molecule has 3 aliphatic rings. The molecule has 2 aliphatic heterocycles. The minimum Gasteiger partial charge on any atom is -0.372 e. The Morgan fingerprint density at radius 3 is 2.50 bits per heavy atom. The van der Waals surface area contributed by atoms with Gasteiger partial charge < -0.3 is 4.74 Å². The molecule has 3 fully saturated rings. The lowest BCUT2D eigenvalue weighted by Crippen LogP contribution is -2.64. The number of hydrogen-bond acceptors (Lipinski definition) is 4. The van der Waals surface area contributed by atoms with Crippen LogP contribution in [0.25, 0.3) is 0 Å². The Morgan fingerprint density at radius 2 is 1.85 bits per heavy atom. The van der Waals surface area contributed by atoms with Crippen molar-refractivity contribution in [3.63, 3.8) is 0 Å². The van der Waals surface area contributed by atoms with E-state index < -0.39 is 10.0 Å². The summed E-state index contributed by atoms with van der Waals surface area (Å²) in [6.07, 6.45) is 3.56. The highest BCUT2D eigenvalue weighted by Gasteiger charge is 2.52. The second-order valence-electron chi connectivity index (χ2n) is 8.47. The number of aryl methyl sites for hydroxylation is 2. The van der Waals surface area contributed by atoms with Crippen molar-refractivity contribution in [2.75, 3.05) is 26.2 Å². The van der Waals surface area contributed by atoms with Gasteiger partial charge in [0.2, 0.25) is 10.0 Å². The summed E-state index contributed by atoms with van der Waals surface area (Å²) in [5.74, 6) is 0.458. The summed E-state index contributed by atoms with van der Waals surface area (Å²) in [7, 11) is -3.07. The average Bonchev–Trinajstić information content (AvgIpc) is 3.29. The zero-order chi connectivity index (χ0) is 18.4. The molecule has 0 unspecified atom stereocenters. The molecule has 1 aliphatic carbocycles. The Morgan fingerprint density at radius 1 is 1.15 bits per heavy atom. The van der Waals surface area contributed by atoms with Gasteiger partial charge in [-0.1, -0.05) is 29.3 Å². The molecule has 26 heavy (non-hydrogen) atoms. The first-order valence-electron chi connectivity index (χ1n) is 9.78. The summed E-state index contributed by atoms with van der Waals surface area (Å²) in [5, 5.41) is -0.131. The lowest BCUT2D eigenvalue weighted by molar-refractivity contribution is -0.136. The number of nitrogens with zero attached hydrogens (tertiary/aromatic N) is 1. The van der Waals surface area contributed by atoms with Gasteiger partial charge in [0.15, 0.2) is 0 Å². The molecule has 144 valence electrons. The van der Waals surface area contributed by atoms with Crippen LogP contribution in [0.3, 0.4) is 0 Å². The number of hydrogen-bond donors (Lipinski definition) is 1. The first kappa shape index (κ1) is 18.4. The first-order chi connectivity index (χ1) is 12.4. The summed E-state index contributed by atoms with van der Waals surface area (Å²) < 4.78 is 32.9. The van der Waals surface area contributed by atoms with E-state index in [2.05, 4.69) is 41.7 Å². The molecule has 0 aromatic heterocycles. The van der Waals surface area contributed by atoms with Crippen molar-refractivity contribution in [2.24, 2.45) is 5.92 Å². The molecule has 5 nitrogen and oxygen atoms in total. The van der Waals surface area contributed by atoms with Crippen LogP contribution in [-0.4, -0.2) is 50.4 Å². The smallest absolute Gasteiger partial charge is 0.214 e. The van der Waals surface area contributed by atoms with Gasteiger partial charge in [-0.25, -0.2) is 13.1 Å². The molecule has 0 bridgehead atoms. The zero-order valence-corrected chi connectivity index (χ0v) is 16.6. The monoisotopic (exact) mass is 378 g/mol. The van der Waals surface area contributed by atoms with Gasteiger partial charge in [0.05, 0.1) is 10.9 Å². The molecule has 1 spiro atoms. The lowest BCUT2D eigenvalue weighted by atomic mass is 9.79. The molecule has 4 rings (SSSR count). The van der Waals surface area contributed by atoms with Crippen molar-refractivity contribution in [2.45, 2.75) is 56.9 Å². The van der Waals surface area contributed by atoms with E-state index in [-0.39, 0.29) is 10.9 Å². The van der Waals surface area contributed by atoms with Crippen LogP contribution in [0.4, 0.5) is 0 Å². The van der Waals surface area contributed by atoms with E-state index in [1.165, 1.54) is 16.7 Å². The standard InChI is InChI=1S/C20H30N2O3S/c1-15-9-16(2)11-17(10-15)12-22-13-20(14-22)18(6-8-25-20)5-7-21-26(23,24)19-3-4-19/h9-11,18-19,21H,3-8,12-14H2,1-2H3/t18-/m1/s1. The second kappa shape index (κ2) is 6.89. The van der Waals surface area contributed by atoms with E-state index in [1.807, 2.05) is 0 Å².